The van der Waals surface area contributed by atoms with Crippen LogP contribution in [0.1, 0.15) is 12.8 Å². The Kier molecular flexibility index (Phi) is 5.45. The zero-order valence-electron chi connectivity index (χ0n) is 13.1. The molecule has 0 spiro atoms. The molecule has 1 aliphatic heterocycles. The van der Waals surface area contributed by atoms with E-state index in [-0.39, 0.29) is 23.1 Å². The van der Waals surface area contributed by atoms with E-state index in [4.69, 9.17) is 15.3 Å². The topological polar surface area (TPSA) is 111 Å². The number of piperidine rings is 1. The summed E-state index contributed by atoms with van der Waals surface area (Å²) in [6.07, 6.45) is 1.19. The number of carbonyl (C=O) groups is 1. The third-order valence-electron chi connectivity index (χ3n) is 3.89. The van der Waals surface area contributed by atoms with Crippen molar-refractivity contribution in [3.63, 3.8) is 0 Å². The monoisotopic (exact) mass is 343 g/mol. The molecule has 1 atom stereocenters. The van der Waals surface area contributed by atoms with Crippen molar-refractivity contribution in [2.24, 2.45) is 11.8 Å². The van der Waals surface area contributed by atoms with Crippen LogP contribution in [-0.2, 0) is 14.8 Å². The number of hydrogen-bond acceptors (Lipinski definition) is 6. The Morgan fingerprint density at radius 3 is 2.70 bits per heavy atom. The zero-order valence-corrected chi connectivity index (χ0v) is 13.9. The molecular weight excluding hydrogens is 322 g/mol. The Morgan fingerprint density at radius 2 is 2.09 bits per heavy atom. The summed E-state index contributed by atoms with van der Waals surface area (Å²) in [5.74, 6) is 4.98. The van der Waals surface area contributed by atoms with Crippen molar-refractivity contribution in [2.75, 3.05) is 27.3 Å². The molecule has 128 valence electrons. The maximum absolute atomic E-state index is 12.9. The number of nitrogens with two attached hydrogens (primary N) is 1. The van der Waals surface area contributed by atoms with Gasteiger partial charge in [-0.1, -0.05) is 0 Å². The van der Waals surface area contributed by atoms with Gasteiger partial charge in [0, 0.05) is 19.2 Å². The molecule has 23 heavy (non-hydrogen) atoms. The first-order valence-corrected chi connectivity index (χ1v) is 8.60. The molecule has 0 aliphatic carbocycles. The number of sulfonamides is 1. The number of carbonyl (C=O) groups excluding carboxylic acids is 1. The quantitative estimate of drug-likeness (QED) is 0.445. The molecule has 1 fully saturated rings. The molecule has 3 N–H and O–H groups in total. The van der Waals surface area contributed by atoms with E-state index in [1.807, 2.05) is 0 Å². The van der Waals surface area contributed by atoms with E-state index in [0.717, 1.165) is 0 Å². The predicted molar refractivity (Wildman–Crippen MR) is 83.4 cm³/mol. The minimum absolute atomic E-state index is 0.0214. The average molecular weight is 343 g/mol. The van der Waals surface area contributed by atoms with E-state index in [2.05, 4.69) is 5.43 Å². The summed E-state index contributed by atoms with van der Waals surface area (Å²) < 4.78 is 37.4. The lowest BCUT2D eigenvalue weighted by atomic mass is 9.99. The first kappa shape index (κ1) is 17.5. The molecule has 0 unspecified atom stereocenters. The second-order valence-corrected chi connectivity index (χ2v) is 7.13. The normalized spacial score (nSPS) is 19.2. The van der Waals surface area contributed by atoms with Crippen LogP contribution in [0.5, 0.6) is 11.5 Å². The highest BCUT2D eigenvalue weighted by molar-refractivity contribution is 7.89. The summed E-state index contributed by atoms with van der Waals surface area (Å²) in [6, 6.07) is 4.58. The van der Waals surface area contributed by atoms with E-state index < -0.39 is 15.9 Å². The molecule has 1 aliphatic rings. The van der Waals surface area contributed by atoms with Gasteiger partial charge in [0.25, 0.3) is 0 Å². The summed E-state index contributed by atoms with van der Waals surface area (Å²) in [6.45, 7) is 0.433. The zero-order chi connectivity index (χ0) is 17.0. The molecule has 0 radical (unpaired) electrons. The van der Waals surface area contributed by atoms with Crippen LogP contribution in [0.25, 0.3) is 0 Å². The summed E-state index contributed by atoms with van der Waals surface area (Å²) in [5.41, 5.74) is 2.08. The van der Waals surface area contributed by atoms with E-state index in [1.165, 1.54) is 24.6 Å². The van der Waals surface area contributed by atoms with Crippen molar-refractivity contribution in [3.8, 4) is 11.5 Å². The number of rotatable bonds is 5. The van der Waals surface area contributed by atoms with Gasteiger partial charge in [0.1, 0.15) is 16.4 Å². The Hall–Kier alpha value is -1.84. The van der Waals surface area contributed by atoms with Crippen molar-refractivity contribution in [3.05, 3.63) is 18.2 Å². The summed E-state index contributed by atoms with van der Waals surface area (Å²) in [5, 5.41) is 0. The van der Waals surface area contributed by atoms with Crippen molar-refractivity contribution in [1.29, 1.82) is 0 Å². The molecule has 0 bridgehead atoms. The standard InChI is InChI=1S/C14H21N3O5S/c1-21-11-5-6-12(22-2)13(8-11)23(19,20)17-7-3-4-10(9-17)14(18)16-15/h5-6,8,10H,3-4,7,9,15H2,1-2H3,(H,16,18)/t10-/m0/s1. The van der Waals surface area contributed by atoms with E-state index in [9.17, 15) is 13.2 Å². The number of hydrazine groups is 1. The molecule has 2 rings (SSSR count). The minimum atomic E-state index is -3.80. The smallest absolute Gasteiger partial charge is 0.246 e. The largest absolute Gasteiger partial charge is 0.497 e. The molecule has 8 nitrogen and oxygen atoms in total. The van der Waals surface area contributed by atoms with Gasteiger partial charge in [-0.3, -0.25) is 10.2 Å². The highest BCUT2D eigenvalue weighted by Crippen LogP contribution is 2.32. The number of nitrogens with one attached hydrogen (secondary N) is 1. The van der Waals surface area contributed by atoms with Gasteiger partial charge >= 0.3 is 0 Å². The lowest BCUT2D eigenvalue weighted by Crippen LogP contribution is -2.46. The molecule has 1 saturated heterocycles. The number of methoxy groups -OCH3 is 2. The van der Waals surface area contributed by atoms with Crippen LogP contribution in [0.3, 0.4) is 0 Å². The SMILES string of the molecule is COc1ccc(OC)c(S(=O)(=O)N2CCC[C@H](C(=O)NN)C2)c1. The molecule has 0 aromatic heterocycles. The van der Waals surface area contributed by atoms with Crippen LogP contribution in [0.2, 0.25) is 0 Å². The first-order chi connectivity index (χ1) is 10.9. The lowest BCUT2D eigenvalue weighted by molar-refractivity contribution is -0.126. The minimum Gasteiger partial charge on any atom is -0.497 e. The number of nitrogens with zero attached hydrogens (tertiary/aromatic N) is 1. The van der Waals surface area contributed by atoms with Crippen LogP contribution in [-0.4, -0.2) is 45.9 Å². The number of hydrogen-bond donors (Lipinski definition) is 2. The Labute approximate surface area is 135 Å². The molecule has 1 amide bonds. The molecule has 1 aromatic carbocycles. The third-order valence-corrected chi connectivity index (χ3v) is 5.77. The van der Waals surface area contributed by atoms with E-state index in [0.29, 0.717) is 25.1 Å². The Balaban J connectivity index is 2.36. The van der Waals surface area contributed by atoms with E-state index in [1.54, 1.807) is 12.1 Å². The van der Waals surface area contributed by atoms with Gasteiger partial charge in [-0.25, -0.2) is 14.3 Å². The highest BCUT2D eigenvalue weighted by atomic mass is 32.2. The maximum Gasteiger partial charge on any atom is 0.246 e. The molecule has 1 heterocycles. The lowest BCUT2D eigenvalue weighted by Gasteiger charge is -2.31. The molecule has 9 heteroatoms. The fourth-order valence-corrected chi connectivity index (χ4v) is 4.31. The fourth-order valence-electron chi connectivity index (χ4n) is 2.62. The van der Waals surface area contributed by atoms with Gasteiger partial charge in [0.2, 0.25) is 15.9 Å². The van der Waals surface area contributed by atoms with Crippen molar-refractivity contribution < 1.29 is 22.7 Å². The van der Waals surface area contributed by atoms with Gasteiger partial charge in [-0.15, -0.1) is 0 Å². The molecule has 1 aromatic rings. The molecular formula is C14H21N3O5S. The Bertz CT molecular complexity index is 677. The predicted octanol–water partition coefficient (Wildman–Crippen LogP) is 0.0944. The second-order valence-electron chi connectivity index (χ2n) is 5.23. The third kappa shape index (κ3) is 3.57. The van der Waals surface area contributed by atoms with Gasteiger partial charge in [0.15, 0.2) is 0 Å². The highest BCUT2D eigenvalue weighted by Gasteiger charge is 2.34. The average Bonchev–Trinajstić information content (AvgIpc) is 2.60. The summed E-state index contributed by atoms with van der Waals surface area (Å²) in [4.78, 5) is 11.7. The summed E-state index contributed by atoms with van der Waals surface area (Å²) >= 11 is 0. The van der Waals surface area contributed by atoms with Gasteiger partial charge in [-0.2, -0.15) is 4.31 Å². The van der Waals surface area contributed by atoms with Crippen LogP contribution in [0, 0.1) is 5.92 Å². The maximum atomic E-state index is 12.9. The number of amides is 1. The second kappa shape index (κ2) is 7.16. The van der Waals surface area contributed by atoms with Crippen molar-refractivity contribution in [2.45, 2.75) is 17.7 Å². The van der Waals surface area contributed by atoms with Crippen LogP contribution >= 0.6 is 0 Å². The van der Waals surface area contributed by atoms with Crippen LogP contribution in [0.15, 0.2) is 23.1 Å². The number of benzene rings is 1. The summed E-state index contributed by atoms with van der Waals surface area (Å²) in [7, 11) is -0.941. The molecule has 0 saturated carbocycles. The van der Waals surface area contributed by atoms with Gasteiger partial charge in [0.05, 0.1) is 20.1 Å². The van der Waals surface area contributed by atoms with Crippen molar-refractivity contribution >= 4 is 15.9 Å². The van der Waals surface area contributed by atoms with E-state index >= 15 is 0 Å². The van der Waals surface area contributed by atoms with Crippen molar-refractivity contribution in [1.82, 2.24) is 9.73 Å². The van der Waals surface area contributed by atoms with Crippen LogP contribution < -0.4 is 20.7 Å². The Morgan fingerprint density at radius 1 is 1.35 bits per heavy atom. The van der Waals surface area contributed by atoms with Gasteiger partial charge in [-0.05, 0) is 25.0 Å². The van der Waals surface area contributed by atoms with Crippen LogP contribution in [0.4, 0.5) is 0 Å². The fraction of sp³-hybridized carbons (Fsp3) is 0.500. The first-order valence-electron chi connectivity index (χ1n) is 7.16. The van der Waals surface area contributed by atoms with Gasteiger partial charge < -0.3 is 9.47 Å². The number of ether oxygens (including phenoxy) is 2.